The smallest absolute Gasteiger partial charge is 0.225 e. The number of rotatable bonds is 5. The van der Waals surface area contributed by atoms with Crippen molar-refractivity contribution in [3.8, 4) is 0 Å². The van der Waals surface area contributed by atoms with E-state index < -0.39 is 0 Å². The molecule has 0 radical (unpaired) electrons. The maximum atomic E-state index is 12.4. The Labute approximate surface area is 127 Å². The van der Waals surface area contributed by atoms with Crippen LogP contribution < -0.4 is 10.6 Å². The van der Waals surface area contributed by atoms with Gasteiger partial charge >= 0.3 is 0 Å². The zero-order chi connectivity index (χ0) is 15.4. The Bertz CT molecular complexity index is 386. The van der Waals surface area contributed by atoms with Crippen LogP contribution in [-0.4, -0.2) is 74.5 Å². The van der Waals surface area contributed by atoms with Crippen molar-refractivity contribution in [2.45, 2.75) is 25.8 Å². The van der Waals surface area contributed by atoms with Gasteiger partial charge in [0.2, 0.25) is 11.8 Å². The molecule has 0 aromatic heterocycles. The molecule has 2 amide bonds. The van der Waals surface area contributed by atoms with Gasteiger partial charge in [-0.2, -0.15) is 0 Å². The van der Waals surface area contributed by atoms with E-state index >= 15 is 0 Å². The Hall–Kier alpha value is -1.14. The zero-order valence-electron chi connectivity index (χ0n) is 13.4. The van der Waals surface area contributed by atoms with Gasteiger partial charge in [-0.1, -0.05) is 6.92 Å². The minimum absolute atomic E-state index is 0.0382. The van der Waals surface area contributed by atoms with Crippen LogP contribution in [0.1, 0.15) is 19.8 Å². The second-order valence-electron chi connectivity index (χ2n) is 6.63. The van der Waals surface area contributed by atoms with E-state index in [9.17, 15) is 9.59 Å². The van der Waals surface area contributed by atoms with Crippen LogP contribution in [0.5, 0.6) is 0 Å². The van der Waals surface area contributed by atoms with Crippen LogP contribution in [0.2, 0.25) is 0 Å². The second-order valence-corrected chi connectivity index (χ2v) is 6.63. The fourth-order valence-electron chi connectivity index (χ4n) is 2.97. The molecule has 0 spiro atoms. The van der Waals surface area contributed by atoms with E-state index in [2.05, 4.69) is 22.5 Å². The molecule has 3 unspecified atom stereocenters. The number of hydrogen-bond donors (Lipinski definition) is 2. The Kier molecular flexibility index (Phi) is 5.58. The van der Waals surface area contributed by atoms with Crippen LogP contribution in [0.3, 0.4) is 0 Å². The molecule has 2 fully saturated rings. The maximum Gasteiger partial charge on any atom is 0.225 e. The van der Waals surface area contributed by atoms with Crippen LogP contribution in [0, 0.1) is 11.8 Å². The van der Waals surface area contributed by atoms with Crippen LogP contribution >= 0.6 is 0 Å². The SMILES string of the molecule is CC1CCNCC1NC(=O)C1CC(=O)N(CCN(C)C)C1. The first kappa shape index (κ1) is 16.2. The fraction of sp³-hybridized carbons (Fsp3) is 0.867. The number of carbonyl (C=O) groups excluding carboxylic acids is 2. The monoisotopic (exact) mass is 296 g/mol. The first-order valence-electron chi connectivity index (χ1n) is 7.91. The normalized spacial score (nSPS) is 30.0. The van der Waals surface area contributed by atoms with E-state index in [1.165, 1.54) is 0 Å². The van der Waals surface area contributed by atoms with Crippen molar-refractivity contribution in [1.82, 2.24) is 20.4 Å². The summed E-state index contributed by atoms with van der Waals surface area (Å²) in [7, 11) is 3.98. The summed E-state index contributed by atoms with van der Waals surface area (Å²) < 4.78 is 0. The van der Waals surface area contributed by atoms with Gasteiger partial charge in [0.15, 0.2) is 0 Å². The number of carbonyl (C=O) groups is 2. The van der Waals surface area contributed by atoms with Gasteiger partial charge in [-0.05, 0) is 33.0 Å². The van der Waals surface area contributed by atoms with Gasteiger partial charge in [-0.3, -0.25) is 9.59 Å². The van der Waals surface area contributed by atoms with Crippen LogP contribution in [0.15, 0.2) is 0 Å². The molecule has 6 nitrogen and oxygen atoms in total. The summed E-state index contributed by atoms with van der Waals surface area (Å²) >= 11 is 0. The Balaban J connectivity index is 1.82. The molecule has 2 aliphatic heterocycles. The minimum atomic E-state index is -0.186. The highest BCUT2D eigenvalue weighted by atomic mass is 16.2. The number of piperidine rings is 1. The van der Waals surface area contributed by atoms with E-state index in [4.69, 9.17) is 0 Å². The van der Waals surface area contributed by atoms with Gasteiger partial charge in [0.1, 0.15) is 0 Å². The number of nitrogens with zero attached hydrogens (tertiary/aromatic N) is 2. The van der Waals surface area contributed by atoms with Crippen molar-refractivity contribution in [2.24, 2.45) is 11.8 Å². The largest absolute Gasteiger partial charge is 0.352 e. The lowest BCUT2D eigenvalue weighted by Gasteiger charge is -2.31. The molecule has 0 aromatic carbocycles. The lowest BCUT2D eigenvalue weighted by molar-refractivity contribution is -0.129. The van der Waals surface area contributed by atoms with E-state index in [0.29, 0.717) is 25.4 Å². The predicted molar refractivity (Wildman–Crippen MR) is 81.8 cm³/mol. The van der Waals surface area contributed by atoms with Gasteiger partial charge in [0.05, 0.1) is 5.92 Å². The average molecular weight is 296 g/mol. The highest BCUT2D eigenvalue weighted by Gasteiger charge is 2.35. The average Bonchev–Trinajstić information content (AvgIpc) is 2.80. The molecule has 3 atom stereocenters. The zero-order valence-corrected chi connectivity index (χ0v) is 13.4. The number of hydrogen-bond acceptors (Lipinski definition) is 4. The van der Waals surface area contributed by atoms with Crippen LogP contribution in [-0.2, 0) is 9.59 Å². The highest BCUT2D eigenvalue weighted by molar-refractivity contribution is 5.89. The lowest BCUT2D eigenvalue weighted by atomic mass is 9.94. The molecule has 6 heteroatoms. The third kappa shape index (κ3) is 4.41. The summed E-state index contributed by atoms with van der Waals surface area (Å²) in [6.07, 6.45) is 1.44. The Morgan fingerprint density at radius 1 is 1.48 bits per heavy atom. The molecule has 21 heavy (non-hydrogen) atoms. The number of likely N-dealkylation sites (tertiary alicyclic amines) is 1. The van der Waals surface area contributed by atoms with Crippen molar-refractivity contribution in [1.29, 1.82) is 0 Å². The third-order valence-corrected chi connectivity index (χ3v) is 4.56. The number of amides is 2. The van der Waals surface area contributed by atoms with Crippen molar-refractivity contribution < 1.29 is 9.59 Å². The molecule has 2 N–H and O–H groups in total. The number of likely N-dealkylation sites (N-methyl/N-ethyl adjacent to an activating group) is 1. The first-order valence-corrected chi connectivity index (χ1v) is 7.91. The van der Waals surface area contributed by atoms with Gasteiger partial charge < -0.3 is 20.4 Å². The summed E-state index contributed by atoms with van der Waals surface area (Å²) in [6.45, 7) is 6.13. The topological polar surface area (TPSA) is 64.7 Å². The molecule has 0 bridgehead atoms. The molecule has 0 saturated carbocycles. The maximum absolute atomic E-state index is 12.4. The molecule has 2 aliphatic rings. The molecular formula is C15H28N4O2. The Morgan fingerprint density at radius 2 is 2.24 bits per heavy atom. The van der Waals surface area contributed by atoms with E-state index in [0.717, 1.165) is 26.1 Å². The summed E-state index contributed by atoms with van der Waals surface area (Å²) in [5.74, 6) is 0.453. The van der Waals surface area contributed by atoms with Gasteiger partial charge in [0.25, 0.3) is 0 Å². The van der Waals surface area contributed by atoms with Crippen molar-refractivity contribution in [3.05, 3.63) is 0 Å². The van der Waals surface area contributed by atoms with Crippen LogP contribution in [0.4, 0.5) is 0 Å². The first-order chi connectivity index (χ1) is 9.97. The van der Waals surface area contributed by atoms with Gasteiger partial charge in [-0.25, -0.2) is 0 Å². The molecular weight excluding hydrogens is 268 g/mol. The quantitative estimate of drug-likeness (QED) is 0.719. The van der Waals surface area contributed by atoms with Crippen molar-refractivity contribution >= 4 is 11.8 Å². The predicted octanol–water partition coefficient (Wildman–Crippen LogP) is -0.489. The minimum Gasteiger partial charge on any atom is -0.352 e. The highest BCUT2D eigenvalue weighted by Crippen LogP contribution is 2.19. The summed E-state index contributed by atoms with van der Waals surface area (Å²) in [4.78, 5) is 28.2. The molecule has 2 saturated heterocycles. The molecule has 0 aliphatic carbocycles. The van der Waals surface area contributed by atoms with E-state index in [1.54, 1.807) is 0 Å². The Morgan fingerprint density at radius 3 is 2.90 bits per heavy atom. The van der Waals surface area contributed by atoms with E-state index in [-0.39, 0.29) is 23.8 Å². The second kappa shape index (κ2) is 7.22. The van der Waals surface area contributed by atoms with Gasteiger partial charge in [0, 0.05) is 38.6 Å². The third-order valence-electron chi connectivity index (χ3n) is 4.56. The van der Waals surface area contributed by atoms with Crippen molar-refractivity contribution in [2.75, 3.05) is 46.8 Å². The standard InChI is InChI=1S/C15H28N4O2/c1-11-4-5-16-9-13(11)17-15(21)12-8-14(20)19(10-12)7-6-18(2)3/h11-13,16H,4-10H2,1-3H3,(H,17,21). The molecule has 2 heterocycles. The number of nitrogens with one attached hydrogen (secondary N) is 2. The molecule has 2 rings (SSSR count). The van der Waals surface area contributed by atoms with E-state index in [1.807, 2.05) is 19.0 Å². The van der Waals surface area contributed by atoms with Gasteiger partial charge in [-0.15, -0.1) is 0 Å². The summed E-state index contributed by atoms with van der Waals surface area (Å²) in [5, 5.41) is 6.44. The summed E-state index contributed by atoms with van der Waals surface area (Å²) in [6, 6.07) is 0.192. The summed E-state index contributed by atoms with van der Waals surface area (Å²) in [5.41, 5.74) is 0. The molecule has 120 valence electrons. The van der Waals surface area contributed by atoms with Crippen molar-refractivity contribution in [3.63, 3.8) is 0 Å². The van der Waals surface area contributed by atoms with Crippen LogP contribution in [0.25, 0.3) is 0 Å². The lowest BCUT2D eigenvalue weighted by Crippen LogP contribution is -2.51. The molecule has 0 aromatic rings. The fourth-order valence-corrected chi connectivity index (χ4v) is 2.97.